The number of methoxy groups -OCH3 is 3. The van der Waals surface area contributed by atoms with Crippen molar-refractivity contribution in [1.29, 1.82) is 0 Å². The molecule has 0 aromatic heterocycles. The highest BCUT2D eigenvalue weighted by molar-refractivity contribution is 6.16. The third-order valence-electron chi connectivity index (χ3n) is 6.79. The van der Waals surface area contributed by atoms with Gasteiger partial charge in [0.1, 0.15) is 24.0 Å². The van der Waals surface area contributed by atoms with Crippen molar-refractivity contribution in [2.75, 3.05) is 34.6 Å². The molecule has 0 bridgehead atoms. The van der Waals surface area contributed by atoms with E-state index in [0.717, 1.165) is 36.3 Å². The molecule has 0 N–H and O–H groups in total. The summed E-state index contributed by atoms with van der Waals surface area (Å²) in [5.74, 6) is 3.05. The van der Waals surface area contributed by atoms with Crippen LogP contribution in [0.4, 0.5) is 0 Å². The molecule has 37 heavy (non-hydrogen) atoms. The second-order valence-electron chi connectivity index (χ2n) is 9.18. The molecule has 5 rings (SSSR count). The molecule has 0 aliphatic carbocycles. The number of benzene rings is 3. The quantitative estimate of drug-likeness (QED) is 0.382. The lowest BCUT2D eigenvalue weighted by Crippen LogP contribution is -2.33. The van der Waals surface area contributed by atoms with E-state index in [2.05, 4.69) is 29.2 Å². The van der Waals surface area contributed by atoms with Crippen LogP contribution in [0.25, 0.3) is 6.08 Å². The predicted molar refractivity (Wildman–Crippen MR) is 141 cm³/mol. The van der Waals surface area contributed by atoms with Gasteiger partial charge in [-0.2, -0.15) is 0 Å². The number of Topliss-reactive ketones (excluding diaryl/α,β-unsaturated/α-hetero) is 1. The summed E-state index contributed by atoms with van der Waals surface area (Å²) in [5, 5.41) is 0. The number of allylic oxidation sites excluding steroid dienone is 1. The zero-order valence-electron chi connectivity index (χ0n) is 21.6. The lowest BCUT2D eigenvalue weighted by Gasteiger charge is -2.30. The Morgan fingerprint density at radius 2 is 1.70 bits per heavy atom. The predicted octanol–water partition coefficient (Wildman–Crippen LogP) is 5.42. The summed E-state index contributed by atoms with van der Waals surface area (Å²) in [6.07, 6.45) is 3.71. The van der Waals surface area contributed by atoms with E-state index in [1.165, 1.54) is 5.56 Å². The average molecular weight is 502 g/mol. The standard InChI is InChI=1S/C30H31NO6/c1-19-13-24-22(17-31(18-36-24)12-8-11-20-9-6-5-7-10-20)30-28(19)29(32)27(37-30)15-21-14-25(34-3)26(35-4)16-23(21)33-2/h5-7,9-10,13-16H,8,11-12,17-18H2,1-4H3/b27-15-. The highest BCUT2D eigenvalue weighted by Gasteiger charge is 2.35. The zero-order chi connectivity index (χ0) is 25.9. The fourth-order valence-corrected chi connectivity index (χ4v) is 4.88. The summed E-state index contributed by atoms with van der Waals surface area (Å²) in [6, 6.07) is 15.9. The Hall–Kier alpha value is -3.97. The summed E-state index contributed by atoms with van der Waals surface area (Å²) in [5.41, 5.74) is 4.30. The summed E-state index contributed by atoms with van der Waals surface area (Å²) < 4.78 is 28.7. The van der Waals surface area contributed by atoms with Gasteiger partial charge in [0.15, 0.2) is 17.3 Å². The first-order valence-electron chi connectivity index (χ1n) is 12.3. The van der Waals surface area contributed by atoms with E-state index in [1.807, 2.05) is 19.1 Å². The number of ketones is 1. The second kappa shape index (κ2) is 10.6. The van der Waals surface area contributed by atoms with Crippen molar-refractivity contribution < 1.29 is 28.5 Å². The van der Waals surface area contributed by atoms with E-state index < -0.39 is 0 Å². The first-order valence-corrected chi connectivity index (χ1v) is 12.3. The van der Waals surface area contributed by atoms with Crippen molar-refractivity contribution in [2.24, 2.45) is 0 Å². The van der Waals surface area contributed by atoms with Gasteiger partial charge in [-0.15, -0.1) is 0 Å². The molecule has 0 atom stereocenters. The summed E-state index contributed by atoms with van der Waals surface area (Å²) in [6.45, 7) is 3.97. The van der Waals surface area contributed by atoms with Crippen LogP contribution in [-0.4, -0.2) is 45.3 Å². The lowest BCUT2D eigenvalue weighted by atomic mass is 9.98. The summed E-state index contributed by atoms with van der Waals surface area (Å²) in [4.78, 5) is 15.7. The molecule has 0 spiro atoms. The van der Waals surface area contributed by atoms with Crippen molar-refractivity contribution in [2.45, 2.75) is 26.3 Å². The molecule has 2 heterocycles. The van der Waals surface area contributed by atoms with Crippen molar-refractivity contribution in [3.8, 4) is 28.7 Å². The van der Waals surface area contributed by atoms with E-state index in [9.17, 15) is 4.79 Å². The van der Waals surface area contributed by atoms with E-state index in [-0.39, 0.29) is 11.5 Å². The Morgan fingerprint density at radius 1 is 0.973 bits per heavy atom. The number of carbonyl (C=O) groups is 1. The van der Waals surface area contributed by atoms with Gasteiger partial charge < -0.3 is 23.7 Å². The van der Waals surface area contributed by atoms with Crippen molar-refractivity contribution in [1.82, 2.24) is 4.90 Å². The van der Waals surface area contributed by atoms with Crippen LogP contribution in [0, 0.1) is 6.92 Å². The molecule has 0 radical (unpaired) electrons. The first-order chi connectivity index (χ1) is 18.0. The Kier molecular flexibility index (Phi) is 7.06. The zero-order valence-corrected chi connectivity index (χ0v) is 21.6. The number of nitrogens with zero attached hydrogens (tertiary/aromatic N) is 1. The van der Waals surface area contributed by atoms with Crippen LogP contribution >= 0.6 is 0 Å². The maximum atomic E-state index is 13.5. The van der Waals surface area contributed by atoms with Crippen molar-refractivity contribution in [3.63, 3.8) is 0 Å². The second-order valence-corrected chi connectivity index (χ2v) is 9.18. The average Bonchev–Trinajstić information content (AvgIpc) is 3.25. The molecule has 7 nitrogen and oxygen atoms in total. The number of hydrogen-bond donors (Lipinski definition) is 0. The summed E-state index contributed by atoms with van der Waals surface area (Å²) in [7, 11) is 4.70. The number of rotatable bonds is 8. The fraction of sp³-hybridized carbons (Fsp3) is 0.300. The van der Waals surface area contributed by atoms with Crippen LogP contribution < -0.4 is 23.7 Å². The van der Waals surface area contributed by atoms with Crippen LogP contribution in [-0.2, 0) is 13.0 Å². The molecule has 2 aliphatic rings. The van der Waals surface area contributed by atoms with E-state index >= 15 is 0 Å². The van der Waals surface area contributed by atoms with Gasteiger partial charge in [-0.3, -0.25) is 9.69 Å². The van der Waals surface area contributed by atoms with E-state index in [0.29, 0.717) is 47.4 Å². The molecule has 7 heteroatoms. The number of fused-ring (bicyclic) bond motifs is 3. The largest absolute Gasteiger partial charge is 0.496 e. The van der Waals surface area contributed by atoms with Gasteiger partial charge in [0, 0.05) is 24.7 Å². The minimum Gasteiger partial charge on any atom is -0.496 e. The molecule has 0 saturated carbocycles. The SMILES string of the molecule is COc1cc(OC)c(OC)cc1/C=C1\Oc2c3c(cc(C)c2C1=O)OCN(CCCc1ccccc1)C3. The number of aryl methyl sites for hydroxylation is 2. The van der Waals surface area contributed by atoms with Gasteiger partial charge in [-0.1, -0.05) is 30.3 Å². The monoisotopic (exact) mass is 501 g/mol. The van der Waals surface area contributed by atoms with Gasteiger partial charge in [-0.25, -0.2) is 0 Å². The van der Waals surface area contributed by atoms with Crippen LogP contribution in [0.3, 0.4) is 0 Å². The molecule has 2 aliphatic heterocycles. The van der Waals surface area contributed by atoms with Gasteiger partial charge >= 0.3 is 0 Å². The molecular formula is C30H31NO6. The Bertz CT molecular complexity index is 1350. The normalized spacial score (nSPS) is 15.6. The van der Waals surface area contributed by atoms with Crippen LogP contribution in [0.2, 0.25) is 0 Å². The molecule has 3 aromatic carbocycles. The third-order valence-corrected chi connectivity index (χ3v) is 6.79. The molecule has 0 unspecified atom stereocenters. The Balaban J connectivity index is 1.40. The summed E-state index contributed by atoms with van der Waals surface area (Å²) >= 11 is 0. The van der Waals surface area contributed by atoms with Crippen LogP contribution in [0.5, 0.6) is 28.7 Å². The van der Waals surface area contributed by atoms with Crippen LogP contribution in [0.1, 0.15) is 39.0 Å². The first kappa shape index (κ1) is 24.7. The van der Waals surface area contributed by atoms with Gasteiger partial charge in [-0.05, 0) is 49.1 Å². The molecule has 0 fully saturated rings. The highest BCUT2D eigenvalue weighted by Crippen LogP contribution is 2.45. The molecule has 0 saturated heterocycles. The van der Waals surface area contributed by atoms with Gasteiger partial charge in [0.2, 0.25) is 5.78 Å². The Morgan fingerprint density at radius 3 is 2.43 bits per heavy atom. The number of carbonyl (C=O) groups excluding carboxylic acids is 1. The molecule has 192 valence electrons. The number of ether oxygens (including phenoxy) is 5. The third kappa shape index (κ3) is 4.87. The minimum atomic E-state index is -0.159. The van der Waals surface area contributed by atoms with Gasteiger partial charge in [0.05, 0.1) is 32.5 Å². The highest BCUT2D eigenvalue weighted by atomic mass is 16.5. The maximum Gasteiger partial charge on any atom is 0.232 e. The number of hydrogen-bond acceptors (Lipinski definition) is 7. The van der Waals surface area contributed by atoms with Crippen LogP contribution in [0.15, 0.2) is 54.3 Å². The lowest BCUT2D eigenvalue weighted by molar-refractivity contribution is 0.0928. The molecular weight excluding hydrogens is 470 g/mol. The Labute approximate surface area is 217 Å². The van der Waals surface area contributed by atoms with E-state index in [1.54, 1.807) is 39.5 Å². The van der Waals surface area contributed by atoms with Crippen molar-refractivity contribution in [3.05, 3.63) is 82.1 Å². The van der Waals surface area contributed by atoms with Gasteiger partial charge in [0.25, 0.3) is 0 Å². The smallest absolute Gasteiger partial charge is 0.232 e. The molecule has 0 amide bonds. The van der Waals surface area contributed by atoms with Crippen molar-refractivity contribution >= 4 is 11.9 Å². The topological polar surface area (TPSA) is 66.5 Å². The van der Waals surface area contributed by atoms with E-state index in [4.69, 9.17) is 23.7 Å². The fourth-order valence-electron chi connectivity index (χ4n) is 4.88. The molecule has 3 aromatic rings. The minimum absolute atomic E-state index is 0.159. The maximum absolute atomic E-state index is 13.5.